The maximum Gasteiger partial charge on any atom is 0.412 e. The molecule has 6 heteroatoms. The summed E-state index contributed by atoms with van der Waals surface area (Å²) in [6.07, 6.45) is 0.785. The second kappa shape index (κ2) is 4.89. The molecule has 1 N–H and O–H groups in total. The molecule has 0 fully saturated rings. The molecule has 4 nitrogen and oxygen atoms in total. The predicted molar refractivity (Wildman–Crippen MR) is 64.1 cm³/mol. The van der Waals surface area contributed by atoms with Gasteiger partial charge in [-0.15, -0.1) is 0 Å². The van der Waals surface area contributed by atoms with Crippen molar-refractivity contribution in [2.24, 2.45) is 0 Å². The van der Waals surface area contributed by atoms with Crippen molar-refractivity contribution in [2.45, 2.75) is 26.4 Å². The van der Waals surface area contributed by atoms with Crippen LogP contribution in [0.3, 0.4) is 0 Å². The molecule has 1 rings (SSSR count). The van der Waals surface area contributed by atoms with Crippen LogP contribution in [-0.4, -0.2) is 16.7 Å². The molecule has 0 saturated heterocycles. The number of amides is 1. The number of rotatable bonds is 1. The molecule has 0 unspecified atom stereocenters. The third-order valence-corrected chi connectivity index (χ3v) is 1.98. The van der Waals surface area contributed by atoms with Gasteiger partial charge >= 0.3 is 6.09 Å². The summed E-state index contributed by atoms with van der Waals surface area (Å²) in [4.78, 5) is 15.2. The lowest BCUT2D eigenvalue weighted by atomic mass is 10.2. The van der Waals surface area contributed by atoms with Gasteiger partial charge in [-0.2, -0.15) is 0 Å². The van der Waals surface area contributed by atoms with Crippen LogP contribution in [0.5, 0.6) is 0 Å². The van der Waals surface area contributed by atoms with Crippen LogP contribution in [0.2, 0.25) is 10.2 Å². The number of ether oxygens (including phenoxy) is 1. The van der Waals surface area contributed by atoms with Crippen LogP contribution in [0.15, 0.2) is 12.3 Å². The molecule has 1 aromatic heterocycles. The van der Waals surface area contributed by atoms with Crippen molar-refractivity contribution in [3.05, 3.63) is 22.4 Å². The number of nitrogens with one attached hydrogen (secondary N) is 1. The Balaban J connectivity index is 2.70. The Labute approximate surface area is 104 Å². The summed E-state index contributed by atoms with van der Waals surface area (Å²) in [5.41, 5.74) is -0.198. The van der Waals surface area contributed by atoms with Crippen LogP contribution >= 0.6 is 23.2 Å². The van der Waals surface area contributed by atoms with Gasteiger partial charge in [-0.05, 0) is 26.8 Å². The Morgan fingerprint density at radius 1 is 1.44 bits per heavy atom. The van der Waals surface area contributed by atoms with Gasteiger partial charge in [0.1, 0.15) is 10.8 Å². The molecule has 0 aromatic carbocycles. The summed E-state index contributed by atoms with van der Waals surface area (Å²) in [5, 5.41) is 3.05. The molecule has 0 aliphatic carbocycles. The maximum atomic E-state index is 11.4. The summed E-state index contributed by atoms with van der Waals surface area (Å²) in [7, 11) is 0. The van der Waals surface area contributed by atoms with Gasteiger partial charge in [0.05, 0.1) is 16.9 Å². The minimum Gasteiger partial charge on any atom is -0.444 e. The first-order valence-electron chi connectivity index (χ1n) is 4.59. The second-order valence-corrected chi connectivity index (χ2v) is 4.91. The van der Waals surface area contributed by atoms with Gasteiger partial charge in [0.2, 0.25) is 0 Å². The summed E-state index contributed by atoms with van der Waals surface area (Å²) in [5.74, 6) is 0. The maximum absolute atomic E-state index is 11.4. The molecule has 1 amide bonds. The number of carbonyl (C=O) groups is 1. The van der Waals surface area contributed by atoms with Gasteiger partial charge < -0.3 is 4.74 Å². The highest BCUT2D eigenvalue weighted by molar-refractivity contribution is 6.36. The van der Waals surface area contributed by atoms with E-state index in [9.17, 15) is 4.79 Å². The second-order valence-electron chi connectivity index (χ2n) is 4.11. The lowest BCUT2D eigenvalue weighted by molar-refractivity contribution is 0.0636. The van der Waals surface area contributed by atoms with Crippen molar-refractivity contribution in [1.82, 2.24) is 4.98 Å². The van der Waals surface area contributed by atoms with Gasteiger partial charge in [0.15, 0.2) is 0 Å². The van der Waals surface area contributed by atoms with E-state index in [1.165, 1.54) is 12.3 Å². The Hall–Kier alpha value is -1.000. The van der Waals surface area contributed by atoms with Crippen molar-refractivity contribution >= 4 is 35.0 Å². The monoisotopic (exact) mass is 262 g/mol. The molecule has 88 valence electrons. The molecule has 0 radical (unpaired) electrons. The number of halogens is 2. The SMILES string of the molecule is CC(C)(C)OC(=O)Nc1cnc(Cl)cc1Cl. The fraction of sp³-hybridized carbons (Fsp3) is 0.400. The quantitative estimate of drug-likeness (QED) is 0.785. The predicted octanol–water partition coefficient (Wildman–Crippen LogP) is 3.74. The fourth-order valence-electron chi connectivity index (χ4n) is 0.913. The molecule has 0 atom stereocenters. The normalized spacial score (nSPS) is 11.1. The van der Waals surface area contributed by atoms with E-state index in [0.717, 1.165) is 0 Å². The third kappa shape index (κ3) is 4.24. The molecular weight excluding hydrogens is 251 g/mol. The van der Waals surface area contributed by atoms with E-state index in [0.29, 0.717) is 10.7 Å². The number of aromatic nitrogens is 1. The Bertz CT molecular complexity index is 402. The van der Waals surface area contributed by atoms with Crippen molar-refractivity contribution in [3.63, 3.8) is 0 Å². The van der Waals surface area contributed by atoms with Gasteiger partial charge in [0, 0.05) is 0 Å². The van der Waals surface area contributed by atoms with E-state index in [-0.39, 0.29) is 5.15 Å². The van der Waals surface area contributed by atoms with E-state index in [4.69, 9.17) is 27.9 Å². The first kappa shape index (κ1) is 13.1. The van der Waals surface area contributed by atoms with Crippen LogP contribution in [0.25, 0.3) is 0 Å². The third-order valence-electron chi connectivity index (χ3n) is 1.46. The molecule has 1 aromatic rings. The molecule has 0 bridgehead atoms. The standard InChI is InChI=1S/C10H12Cl2N2O2/c1-10(2,3)16-9(15)14-7-5-13-8(12)4-6(7)11/h4-5H,1-3H3,(H,14,15). The Morgan fingerprint density at radius 2 is 2.06 bits per heavy atom. The van der Waals surface area contributed by atoms with Crippen molar-refractivity contribution in [3.8, 4) is 0 Å². The fourth-order valence-corrected chi connectivity index (χ4v) is 1.33. The van der Waals surface area contributed by atoms with Crippen LogP contribution in [0.4, 0.5) is 10.5 Å². The van der Waals surface area contributed by atoms with E-state index in [1.54, 1.807) is 20.8 Å². The lowest BCUT2D eigenvalue weighted by Crippen LogP contribution is -2.27. The summed E-state index contributed by atoms with van der Waals surface area (Å²) < 4.78 is 5.06. The molecule has 1 heterocycles. The number of hydrogen-bond donors (Lipinski definition) is 1. The molecular formula is C10H12Cl2N2O2. The van der Waals surface area contributed by atoms with Gasteiger partial charge in [-0.3, -0.25) is 5.32 Å². The Morgan fingerprint density at radius 3 is 2.56 bits per heavy atom. The van der Waals surface area contributed by atoms with Crippen LogP contribution < -0.4 is 5.32 Å². The first-order valence-corrected chi connectivity index (χ1v) is 5.34. The van der Waals surface area contributed by atoms with E-state index in [1.807, 2.05) is 0 Å². The molecule has 0 aliphatic heterocycles. The highest BCUT2D eigenvalue weighted by Crippen LogP contribution is 2.23. The highest BCUT2D eigenvalue weighted by Gasteiger charge is 2.17. The van der Waals surface area contributed by atoms with Gasteiger partial charge in [0.25, 0.3) is 0 Å². The minimum absolute atomic E-state index is 0.264. The van der Waals surface area contributed by atoms with Crippen LogP contribution in [0, 0.1) is 0 Å². The summed E-state index contributed by atoms with van der Waals surface area (Å²) >= 11 is 11.5. The van der Waals surface area contributed by atoms with Crippen molar-refractivity contribution in [1.29, 1.82) is 0 Å². The zero-order valence-corrected chi connectivity index (χ0v) is 10.7. The lowest BCUT2D eigenvalue weighted by Gasteiger charge is -2.19. The number of carbonyl (C=O) groups excluding carboxylic acids is 1. The number of hydrogen-bond acceptors (Lipinski definition) is 3. The van der Waals surface area contributed by atoms with Crippen LogP contribution in [-0.2, 0) is 4.74 Å². The zero-order valence-electron chi connectivity index (χ0n) is 9.17. The molecule has 16 heavy (non-hydrogen) atoms. The van der Waals surface area contributed by atoms with Crippen LogP contribution in [0.1, 0.15) is 20.8 Å². The van der Waals surface area contributed by atoms with Crippen molar-refractivity contribution < 1.29 is 9.53 Å². The topological polar surface area (TPSA) is 51.2 Å². The average molecular weight is 263 g/mol. The number of anilines is 1. The number of nitrogens with zero attached hydrogens (tertiary/aromatic N) is 1. The number of pyridine rings is 1. The zero-order chi connectivity index (χ0) is 12.3. The smallest absolute Gasteiger partial charge is 0.412 e. The molecule has 0 saturated carbocycles. The summed E-state index contributed by atoms with van der Waals surface area (Å²) in [6.45, 7) is 5.32. The van der Waals surface area contributed by atoms with Gasteiger partial charge in [-0.1, -0.05) is 23.2 Å². The van der Waals surface area contributed by atoms with E-state index in [2.05, 4.69) is 10.3 Å². The first-order chi connectivity index (χ1) is 7.28. The highest BCUT2D eigenvalue weighted by atomic mass is 35.5. The molecule has 0 spiro atoms. The average Bonchev–Trinajstić information content (AvgIpc) is 2.06. The summed E-state index contributed by atoms with van der Waals surface area (Å²) in [6, 6.07) is 1.44. The molecule has 0 aliphatic rings. The Kier molecular flexibility index (Phi) is 3.99. The van der Waals surface area contributed by atoms with E-state index < -0.39 is 11.7 Å². The van der Waals surface area contributed by atoms with Crippen molar-refractivity contribution in [2.75, 3.05) is 5.32 Å². The minimum atomic E-state index is -0.585. The van der Waals surface area contributed by atoms with E-state index >= 15 is 0 Å². The van der Waals surface area contributed by atoms with Gasteiger partial charge in [-0.25, -0.2) is 9.78 Å². The largest absolute Gasteiger partial charge is 0.444 e.